The van der Waals surface area contributed by atoms with Gasteiger partial charge in [0, 0.05) is 17.1 Å². The van der Waals surface area contributed by atoms with Crippen molar-refractivity contribution in [2.24, 2.45) is 0 Å². The van der Waals surface area contributed by atoms with Crippen molar-refractivity contribution in [3.63, 3.8) is 0 Å². The number of ketones is 1. The van der Waals surface area contributed by atoms with Crippen molar-refractivity contribution >= 4 is 17.5 Å². The molecule has 2 nitrogen and oxygen atoms in total. The molecule has 0 aliphatic carbocycles. The standard InChI is InChI=1S/C18H18O2S/c1-12-7-8-14(9-13(12)2)10-15(19)17-11-21-18-6-4-3-5-16(18)20-17/h3-9,17H,10-11H2,1-2H3. The van der Waals surface area contributed by atoms with Crippen LogP contribution in [0.4, 0.5) is 0 Å². The Balaban J connectivity index is 1.70. The van der Waals surface area contributed by atoms with E-state index >= 15 is 0 Å². The van der Waals surface area contributed by atoms with Gasteiger partial charge in [0.2, 0.25) is 0 Å². The molecule has 0 N–H and O–H groups in total. The number of ether oxygens (including phenoxy) is 1. The third-order valence-electron chi connectivity index (χ3n) is 3.82. The van der Waals surface area contributed by atoms with Gasteiger partial charge in [0.1, 0.15) is 5.75 Å². The minimum atomic E-state index is -0.341. The van der Waals surface area contributed by atoms with E-state index in [2.05, 4.69) is 26.0 Å². The van der Waals surface area contributed by atoms with E-state index in [4.69, 9.17) is 4.74 Å². The first-order valence-corrected chi connectivity index (χ1v) is 8.09. The molecule has 2 aromatic carbocycles. The Hall–Kier alpha value is -1.74. The van der Waals surface area contributed by atoms with Gasteiger partial charge in [0.05, 0.1) is 0 Å². The number of carbonyl (C=O) groups excluding carboxylic acids is 1. The second-order valence-corrected chi connectivity index (χ2v) is 6.49. The molecule has 21 heavy (non-hydrogen) atoms. The van der Waals surface area contributed by atoms with Crippen LogP contribution < -0.4 is 4.74 Å². The molecule has 1 atom stereocenters. The average Bonchev–Trinajstić information content (AvgIpc) is 2.50. The zero-order chi connectivity index (χ0) is 14.8. The SMILES string of the molecule is Cc1ccc(CC(=O)C2CSc3ccccc3O2)cc1C. The largest absolute Gasteiger partial charge is 0.481 e. The summed E-state index contributed by atoms with van der Waals surface area (Å²) < 4.78 is 5.85. The summed E-state index contributed by atoms with van der Waals surface area (Å²) in [5.74, 6) is 1.67. The van der Waals surface area contributed by atoms with Crippen LogP contribution in [-0.4, -0.2) is 17.6 Å². The van der Waals surface area contributed by atoms with Crippen molar-refractivity contribution in [1.29, 1.82) is 0 Å². The Bertz CT molecular complexity index is 679. The van der Waals surface area contributed by atoms with Gasteiger partial charge in [-0.2, -0.15) is 0 Å². The third kappa shape index (κ3) is 3.13. The van der Waals surface area contributed by atoms with E-state index < -0.39 is 0 Å². The molecule has 0 saturated heterocycles. The van der Waals surface area contributed by atoms with Crippen LogP contribution in [-0.2, 0) is 11.2 Å². The maximum atomic E-state index is 12.4. The van der Waals surface area contributed by atoms with Crippen LogP contribution in [0.5, 0.6) is 5.75 Å². The molecule has 0 fully saturated rings. The van der Waals surface area contributed by atoms with Crippen LogP contribution in [0.15, 0.2) is 47.4 Å². The van der Waals surface area contributed by atoms with Crippen molar-refractivity contribution < 1.29 is 9.53 Å². The first-order chi connectivity index (χ1) is 10.1. The van der Waals surface area contributed by atoms with Crippen LogP contribution in [0, 0.1) is 13.8 Å². The van der Waals surface area contributed by atoms with Crippen molar-refractivity contribution in [1.82, 2.24) is 0 Å². The van der Waals surface area contributed by atoms with Gasteiger partial charge in [-0.3, -0.25) is 4.79 Å². The summed E-state index contributed by atoms with van der Waals surface area (Å²) in [6, 6.07) is 14.1. The van der Waals surface area contributed by atoms with Crippen LogP contribution in [0.25, 0.3) is 0 Å². The first kappa shape index (κ1) is 14.2. The lowest BCUT2D eigenvalue weighted by molar-refractivity contribution is -0.124. The molecule has 1 unspecified atom stereocenters. The molecule has 2 aromatic rings. The second-order valence-electron chi connectivity index (χ2n) is 5.43. The van der Waals surface area contributed by atoms with Crippen molar-refractivity contribution in [3.05, 3.63) is 59.2 Å². The topological polar surface area (TPSA) is 26.3 Å². The molecule has 3 rings (SSSR count). The van der Waals surface area contributed by atoms with E-state index in [-0.39, 0.29) is 11.9 Å². The molecule has 1 heterocycles. The fraction of sp³-hybridized carbons (Fsp3) is 0.278. The molecule has 0 spiro atoms. The van der Waals surface area contributed by atoms with Crippen molar-refractivity contribution in [3.8, 4) is 5.75 Å². The van der Waals surface area contributed by atoms with Gasteiger partial charge in [-0.05, 0) is 42.7 Å². The van der Waals surface area contributed by atoms with Gasteiger partial charge in [-0.15, -0.1) is 11.8 Å². The number of hydrogen-bond donors (Lipinski definition) is 0. The Morgan fingerprint density at radius 3 is 2.81 bits per heavy atom. The molecule has 0 bridgehead atoms. The number of benzene rings is 2. The van der Waals surface area contributed by atoms with Crippen molar-refractivity contribution in [2.45, 2.75) is 31.3 Å². The molecule has 0 aromatic heterocycles. The maximum Gasteiger partial charge on any atom is 0.178 e. The summed E-state index contributed by atoms with van der Waals surface area (Å²) in [5.41, 5.74) is 3.55. The molecular formula is C18H18O2S. The minimum Gasteiger partial charge on any atom is -0.481 e. The summed E-state index contributed by atoms with van der Waals surface area (Å²) >= 11 is 1.70. The molecule has 1 aliphatic rings. The quantitative estimate of drug-likeness (QED) is 0.857. The van der Waals surface area contributed by atoms with Crippen LogP contribution in [0.3, 0.4) is 0 Å². The van der Waals surface area contributed by atoms with Gasteiger partial charge < -0.3 is 4.74 Å². The highest BCUT2D eigenvalue weighted by Gasteiger charge is 2.26. The van der Waals surface area contributed by atoms with E-state index in [0.29, 0.717) is 12.2 Å². The minimum absolute atomic E-state index is 0.153. The number of Topliss-reactive ketones (excluding diaryl/α,β-unsaturated/α-hetero) is 1. The molecule has 0 amide bonds. The fourth-order valence-corrected chi connectivity index (χ4v) is 3.42. The molecule has 3 heteroatoms. The van der Waals surface area contributed by atoms with Crippen LogP contribution in [0.2, 0.25) is 0 Å². The third-order valence-corrected chi connectivity index (χ3v) is 4.94. The smallest absolute Gasteiger partial charge is 0.178 e. The Morgan fingerprint density at radius 1 is 1.19 bits per heavy atom. The maximum absolute atomic E-state index is 12.4. The number of hydrogen-bond acceptors (Lipinski definition) is 3. The molecule has 0 saturated carbocycles. The lowest BCUT2D eigenvalue weighted by Crippen LogP contribution is -2.33. The van der Waals surface area contributed by atoms with E-state index in [9.17, 15) is 4.79 Å². The molecule has 108 valence electrons. The lowest BCUT2D eigenvalue weighted by atomic mass is 10.0. The Labute approximate surface area is 129 Å². The normalized spacial score (nSPS) is 17.0. The van der Waals surface area contributed by atoms with Crippen molar-refractivity contribution in [2.75, 3.05) is 5.75 Å². The zero-order valence-corrected chi connectivity index (χ0v) is 13.1. The summed E-state index contributed by atoms with van der Waals surface area (Å²) in [6.45, 7) is 4.16. The van der Waals surface area contributed by atoms with E-state index in [0.717, 1.165) is 16.2 Å². The average molecular weight is 298 g/mol. The predicted molar refractivity (Wildman–Crippen MR) is 86.2 cm³/mol. The number of thioether (sulfide) groups is 1. The molecular weight excluding hydrogens is 280 g/mol. The summed E-state index contributed by atoms with van der Waals surface area (Å²) in [7, 11) is 0. The highest BCUT2D eigenvalue weighted by Crippen LogP contribution is 2.35. The number of fused-ring (bicyclic) bond motifs is 1. The van der Waals surface area contributed by atoms with Crippen LogP contribution >= 0.6 is 11.8 Å². The summed E-state index contributed by atoms with van der Waals surface area (Å²) in [4.78, 5) is 13.6. The predicted octanol–water partition coefficient (Wildman–Crippen LogP) is 3.97. The number of para-hydroxylation sites is 1. The highest BCUT2D eigenvalue weighted by atomic mass is 32.2. The Kier molecular flexibility index (Phi) is 4.02. The summed E-state index contributed by atoms with van der Waals surface area (Å²) in [6.07, 6.45) is 0.0978. The second kappa shape index (κ2) is 5.94. The van der Waals surface area contributed by atoms with E-state index in [1.54, 1.807) is 11.8 Å². The number of carbonyl (C=O) groups is 1. The lowest BCUT2D eigenvalue weighted by Gasteiger charge is -2.24. The number of rotatable bonds is 3. The molecule has 1 aliphatic heterocycles. The van der Waals surface area contributed by atoms with Crippen LogP contribution in [0.1, 0.15) is 16.7 Å². The van der Waals surface area contributed by atoms with E-state index in [1.165, 1.54) is 11.1 Å². The highest BCUT2D eigenvalue weighted by molar-refractivity contribution is 7.99. The molecule has 0 radical (unpaired) electrons. The first-order valence-electron chi connectivity index (χ1n) is 7.11. The van der Waals surface area contributed by atoms with Gasteiger partial charge in [-0.1, -0.05) is 30.3 Å². The number of aryl methyl sites for hydroxylation is 2. The monoisotopic (exact) mass is 298 g/mol. The van der Waals surface area contributed by atoms with E-state index in [1.807, 2.05) is 30.3 Å². The van der Waals surface area contributed by atoms with Gasteiger partial charge in [0.25, 0.3) is 0 Å². The Morgan fingerprint density at radius 2 is 2.00 bits per heavy atom. The van der Waals surface area contributed by atoms with Gasteiger partial charge >= 0.3 is 0 Å². The van der Waals surface area contributed by atoms with Gasteiger partial charge in [0.15, 0.2) is 11.9 Å². The van der Waals surface area contributed by atoms with Gasteiger partial charge in [-0.25, -0.2) is 0 Å². The summed E-state index contributed by atoms with van der Waals surface area (Å²) in [5, 5.41) is 0. The fourth-order valence-electron chi connectivity index (χ4n) is 2.41. The zero-order valence-electron chi connectivity index (χ0n) is 12.3.